The Hall–Kier alpha value is -3.16. The molecule has 6 rings (SSSR count). The molecule has 6 aromatic rings. The van der Waals surface area contributed by atoms with Crippen LogP contribution in [0.25, 0.3) is 43.1 Å². The van der Waals surface area contributed by atoms with E-state index in [2.05, 4.69) is 86.6 Å². The molecular weight excluding hydrogens is 368 g/mol. The Balaban J connectivity index is 0.000000319. The van der Waals surface area contributed by atoms with Crippen LogP contribution in [-0.4, -0.2) is 0 Å². The summed E-state index contributed by atoms with van der Waals surface area (Å²) in [5.41, 5.74) is 2.66. The zero-order valence-corrected chi connectivity index (χ0v) is 17.5. The number of aryl methyl sites for hydroxylation is 2. The monoisotopic (exact) mass is 390 g/mol. The lowest BCUT2D eigenvalue weighted by atomic mass is 9.90. The third kappa shape index (κ3) is 3.18. The zero-order chi connectivity index (χ0) is 19.8. The van der Waals surface area contributed by atoms with Gasteiger partial charge in [0.15, 0.2) is 0 Å². The second kappa shape index (κ2) is 7.35. The molecule has 140 valence electrons. The van der Waals surface area contributed by atoms with Gasteiger partial charge in [0.1, 0.15) is 0 Å². The summed E-state index contributed by atoms with van der Waals surface area (Å²) in [5.74, 6) is 0. The molecule has 0 N–H and O–H groups in total. The molecule has 0 unspecified atom stereocenters. The molecule has 5 aromatic carbocycles. The maximum absolute atomic E-state index is 2.35. The van der Waals surface area contributed by atoms with E-state index in [1.54, 1.807) is 11.3 Å². The van der Waals surface area contributed by atoms with Crippen molar-refractivity contribution in [1.82, 2.24) is 0 Å². The maximum atomic E-state index is 2.35. The molecule has 1 heteroatoms. The Morgan fingerprint density at radius 2 is 1.21 bits per heavy atom. The van der Waals surface area contributed by atoms with Gasteiger partial charge in [-0.2, -0.15) is 11.3 Å². The van der Waals surface area contributed by atoms with Crippen LogP contribution in [0.4, 0.5) is 0 Å². The summed E-state index contributed by atoms with van der Waals surface area (Å²) in [4.78, 5) is 0. The van der Waals surface area contributed by atoms with Gasteiger partial charge in [-0.05, 0) is 85.4 Å². The molecule has 0 amide bonds. The van der Waals surface area contributed by atoms with Crippen molar-refractivity contribution in [3.8, 4) is 0 Å². The van der Waals surface area contributed by atoms with Gasteiger partial charge in [0.25, 0.3) is 0 Å². The molecule has 0 nitrogen and oxygen atoms in total. The highest BCUT2D eigenvalue weighted by atomic mass is 32.1. The lowest BCUT2D eigenvalue weighted by Crippen LogP contribution is -1.87. The molecule has 0 bridgehead atoms. The highest BCUT2D eigenvalue weighted by molar-refractivity contribution is 7.07. The minimum atomic E-state index is 1.30. The van der Waals surface area contributed by atoms with E-state index in [9.17, 15) is 0 Å². The highest BCUT2D eigenvalue weighted by Crippen LogP contribution is 2.38. The quantitative estimate of drug-likeness (QED) is 0.180. The number of hydrogen-bond donors (Lipinski definition) is 0. The minimum absolute atomic E-state index is 1.30. The second-order valence-electron chi connectivity index (χ2n) is 7.58. The van der Waals surface area contributed by atoms with Gasteiger partial charge in [-0.25, -0.2) is 0 Å². The van der Waals surface area contributed by atoms with Crippen LogP contribution in [-0.2, 0) is 0 Å². The molecule has 0 saturated carbocycles. The van der Waals surface area contributed by atoms with Crippen LogP contribution in [0.2, 0.25) is 0 Å². The first-order valence-corrected chi connectivity index (χ1v) is 10.9. The third-order valence-electron chi connectivity index (χ3n) is 5.61. The van der Waals surface area contributed by atoms with Gasteiger partial charge in [0.2, 0.25) is 0 Å². The Morgan fingerprint density at radius 1 is 0.517 bits per heavy atom. The molecule has 0 spiro atoms. The first-order valence-electron chi connectivity index (χ1n) is 9.94. The van der Waals surface area contributed by atoms with Crippen LogP contribution in [0.1, 0.15) is 11.1 Å². The van der Waals surface area contributed by atoms with Crippen LogP contribution in [0.15, 0.2) is 95.7 Å². The number of thiophene rings is 1. The SMILES string of the molecule is Cc1ccc2c3cc4ccccc4cc3c3cccc(C)c3c2c1.c1ccsc1. The largest absolute Gasteiger partial charge is 0.152 e. The summed E-state index contributed by atoms with van der Waals surface area (Å²) < 4.78 is 0. The molecule has 0 atom stereocenters. The molecule has 29 heavy (non-hydrogen) atoms. The van der Waals surface area contributed by atoms with E-state index < -0.39 is 0 Å². The van der Waals surface area contributed by atoms with Crippen LogP contribution in [0, 0.1) is 13.8 Å². The summed E-state index contributed by atoms with van der Waals surface area (Å²) >= 11 is 1.71. The molecule has 0 saturated heterocycles. The van der Waals surface area contributed by atoms with Crippen molar-refractivity contribution in [2.45, 2.75) is 13.8 Å². The van der Waals surface area contributed by atoms with Gasteiger partial charge >= 0.3 is 0 Å². The summed E-state index contributed by atoms with van der Waals surface area (Å²) in [6.45, 7) is 4.39. The van der Waals surface area contributed by atoms with E-state index in [0.717, 1.165) is 0 Å². The van der Waals surface area contributed by atoms with E-state index in [-0.39, 0.29) is 0 Å². The maximum Gasteiger partial charge on any atom is -0.00696 e. The van der Waals surface area contributed by atoms with E-state index in [4.69, 9.17) is 0 Å². The first kappa shape index (κ1) is 17.9. The zero-order valence-electron chi connectivity index (χ0n) is 16.6. The Labute approximate surface area is 175 Å². The topological polar surface area (TPSA) is 0 Å². The van der Waals surface area contributed by atoms with Gasteiger partial charge in [-0.15, -0.1) is 0 Å². The van der Waals surface area contributed by atoms with E-state index in [1.165, 1.54) is 54.2 Å². The van der Waals surface area contributed by atoms with Crippen LogP contribution >= 0.6 is 11.3 Å². The number of hydrogen-bond acceptors (Lipinski definition) is 1. The van der Waals surface area contributed by atoms with Crippen molar-refractivity contribution < 1.29 is 0 Å². The Bertz CT molecular complexity index is 1440. The van der Waals surface area contributed by atoms with E-state index >= 15 is 0 Å². The molecule has 0 radical (unpaired) electrons. The number of benzene rings is 5. The molecule has 0 aliphatic carbocycles. The number of rotatable bonds is 0. The molecule has 1 aromatic heterocycles. The van der Waals surface area contributed by atoms with Crippen molar-refractivity contribution in [1.29, 1.82) is 0 Å². The van der Waals surface area contributed by atoms with Crippen molar-refractivity contribution in [3.63, 3.8) is 0 Å². The average Bonchev–Trinajstić information content (AvgIpc) is 3.33. The fourth-order valence-corrected chi connectivity index (χ4v) is 4.72. The second-order valence-corrected chi connectivity index (χ2v) is 8.40. The van der Waals surface area contributed by atoms with Crippen molar-refractivity contribution in [2.75, 3.05) is 0 Å². The minimum Gasteiger partial charge on any atom is -0.152 e. The first-order chi connectivity index (χ1) is 14.2. The molecule has 0 aliphatic rings. The average molecular weight is 391 g/mol. The van der Waals surface area contributed by atoms with Crippen LogP contribution in [0.5, 0.6) is 0 Å². The molecule has 0 fully saturated rings. The van der Waals surface area contributed by atoms with Gasteiger partial charge in [0, 0.05) is 0 Å². The predicted molar refractivity (Wildman–Crippen MR) is 130 cm³/mol. The van der Waals surface area contributed by atoms with Gasteiger partial charge in [-0.3, -0.25) is 0 Å². The third-order valence-corrected chi connectivity index (χ3v) is 6.24. The Morgan fingerprint density at radius 3 is 1.86 bits per heavy atom. The van der Waals surface area contributed by atoms with Crippen molar-refractivity contribution >= 4 is 54.4 Å². The van der Waals surface area contributed by atoms with Crippen LogP contribution in [0.3, 0.4) is 0 Å². The standard InChI is InChI=1S/C24H18.C4H4S/c1-15-10-11-19-21-13-17-7-3-4-8-18(17)14-22(21)20-9-5-6-16(2)24(20)23(19)12-15;1-2-4-5-3-1/h3-14H,1-2H3;1-4H. The summed E-state index contributed by atoms with van der Waals surface area (Å²) in [6, 6.07) is 30.9. The molecule has 0 aliphatic heterocycles. The molecular formula is C28H22S. The van der Waals surface area contributed by atoms with Crippen LogP contribution < -0.4 is 0 Å². The lowest BCUT2D eigenvalue weighted by molar-refractivity contribution is 1.50. The summed E-state index contributed by atoms with van der Waals surface area (Å²) in [7, 11) is 0. The number of fused-ring (bicyclic) bond motifs is 7. The lowest BCUT2D eigenvalue weighted by Gasteiger charge is -2.14. The van der Waals surface area contributed by atoms with Gasteiger partial charge in [-0.1, -0.05) is 78.4 Å². The van der Waals surface area contributed by atoms with Gasteiger partial charge in [0.05, 0.1) is 0 Å². The normalized spacial score (nSPS) is 11.1. The molecule has 1 heterocycles. The van der Waals surface area contributed by atoms with Crippen molar-refractivity contribution in [2.24, 2.45) is 0 Å². The fourth-order valence-electron chi connectivity index (χ4n) is 4.26. The predicted octanol–water partition coefficient (Wildman–Crippen LogP) is 8.66. The highest BCUT2D eigenvalue weighted by Gasteiger charge is 2.11. The van der Waals surface area contributed by atoms with Crippen molar-refractivity contribution in [3.05, 3.63) is 107 Å². The smallest absolute Gasteiger partial charge is 0.00696 e. The van der Waals surface area contributed by atoms with Gasteiger partial charge < -0.3 is 0 Å². The van der Waals surface area contributed by atoms with E-state index in [1.807, 2.05) is 22.9 Å². The summed E-state index contributed by atoms with van der Waals surface area (Å²) in [6.07, 6.45) is 0. The van der Waals surface area contributed by atoms with E-state index in [0.29, 0.717) is 0 Å². The Kier molecular flexibility index (Phi) is 4.54. The fraction of sp³-hybridized carbons (Fsp3) is 0.0714. The summed E-state index contributed by atoms with van der Waals surface area (Å²) in [5, 5.41) is 14.9.